The van der Waals surface area contributed by atoms with E-state index in [4.69, 9.17) is 23.2 Å². The summed E-state index contributed by atoms with van der Waals surface area (Å²) in [7, 11) is 0. The maximum absolute atomic E-state index is 12.8. The third-order valence-electron chi connectivity index (χ3n) is 3.35. The number of hydrogen-bond donors (Lipinski definition) is 1. The van der Waals surface area contributed by atoms with Gasteiger partial charge in [-0.05, 0) is 18.2 Å². The molecule has 0 radical (unpaired) electrons. The third-order valence-corrected chi connectivity index (χ3v) is 4.06. The minimum Gasteiger partial charge on any atom is -0.304 e. The zero-order valence-corrected chi connectivity index (χ0v) is 14.0. The van der Waals surface area contributed by atoms with E-state index in [2.05, 4.69) is 15.5 Å². The first-order valence-corrected chi connectivity index (χ1v) is 7.80. The Morgan fingerprint density at radius 2 is 1.92 bits per heavy atom. The Labute approximate surface area is 151 Å². The van der Waals surface area contributed by atoms with Crippen LogP contribution < -0.4 is 5.32 Å². The molecule has 3 rings (SSSR count). The van der Waals surface area contributed by atoms with Crippen molar-refractivity contribution in [1.82, 2.24) is 19.6 Å². The number of carbonyl (C=O) groups excluding carboxylic acids is 1. The average Bonchev–Trinajstić information content (AvgIpc) is 3.20. The van der Waals surface area contributed by atoms with Gasteiger partial charge in [0.1, 0.15) is 5.69 Å². The fourth-order valence-corrected chi connectivity index (χ4v) is 2.71. The van der Waals surface area contributed by atoms with Gasteiger partial charge in [0.05, 0.1) is 6.54 Å². The molecule has 0 aliphatic carbocycles. The Hall–Kier alpha value is -2.45. The van der Waals surface area contributed by atoms with Crippen molar-refractivity contribution >= 4 is 34.9 Å². The molecule has 0 saturated heterocycles. The number of aromatic nitrogens is 4. The number of amides is 1. The standard InChI is InChI=1S/C15H11Cl2F2N5O/c16-10-2-1-3-11(17)9(10)8-23-7-5-13(22-23)21-14(25)12-4-6-20-24(12)15(18)19/h1-7,15H,8H2,(H,21,22,25). The smallest absolute Gasteiger partial charge is 0.304 e. The van der Waals surface area contributed by atoms with Gasteiger partial charge in [0.15, 0.2) is 5.82 Å². The molecule has 25 heavy (non-hydrogen) atoms. The van der Waals surface area contributed by atoms with Crippen molar-refractivity contribution in [2.24, 2.45) is 0 Å². The molecule has 130 valence electrons. The fraction of sp³-hybridized carbons (Fsp3) is 0.133. The number of carbonyl (C=O) groups is 1. The summed E-state index contributed by atoms with van der Waals surface area (Å²) in [6.07, 6.45) is 2.73. The highest BCUT2D eigenvalue weighted by atomic mass is 35.5. The van der Waals surface area contributed by atoms with Crippen LogP contribution in [0, 0.1) is 0 Å². The van der Waals surface area contributed by atoms with Gasteiger partial charge in [0.2, 0.25) is 0 Å². The van der Waals surface area contributed by atoms with E-state index in [1.165, 1.54) is 16.8 Å². The quantitative estimate of drug-likeness (QED) is 0.719. The van der Waals surface area contributed by atoms with E-state index in [0.29, 0.717) is 26.8 Å². The van der Waals surface area contributed by atoms with Crippen LogP contribution >= 0.6 is 23.2 Å². The number of anilines is 1. The summed E-state index contributed by atoms with van der Waals surface area (Å²) in [6.45, 7) is -2.61. The summed E-state index contributed by atoms with van der Waals surface area (Å²) in [5, 5.41) is 11.0. The van der Waals surface area contributed by atoms with Crippen molar-refractivity contribution in [2.75, 3.05) is 5.32 Å². The van der Waals surface area contributed by atoms with Gasteiger partial charge in [0, 0.05) is 34.1 Å². The summed E-state index contributed by atoms with van der Waals surface area (Å²) in [4.78, 5) is 12.1. The van der Waals surface area contributed by atoms with Crippen LogP contribution in [0.1, 0.15) is 22.6 Å². The molecule has 1 N–H and O–H groups in total. The molecular formula is C15H11Cl2F2N5O. The van der Waals surface area contributed by atoms with Gasteiger partial charge in [-0.2, -0.15) is 23.7 Å². The van der Waals surface area contributed by atoms with E-state index < -0.39 is 12.5 Å². The number of halogens is 4. The summed E-state index contributed by atoms with van der Waals surface area (Å²) in [6, 6.07) is 7.88. The first-order valence-electron chi connectivity index (χ1n) is 7.05. The Morgan fingerprint density at radius 1 is 1.20 bits per heavy atom. The minimum absolute atomic E-state index is 0.204. The van der Waals surface area contributed by atoms with Gasteiger partial charge < -0.3 is 5.32 Å². The van der Waals surface area contributed by atoms with Gasteiger partial charge in [0.25, 0.3) is 5.91 Å². The van der Waals surface area contributed by atoms with Crippen LogP contribution in [-0.4, -0.2) is 25.5 Å². The molecule has 3 aromatic rings. The highest BCUT2D eigenvalue weighted by molar-refractivity contribution is 6.35. The first kappa shape index (κ1) is 17.4. The molecule has 0 bridgehead atoms. The normalized spacial score (nSPS) is 11.1. The minimum atomic E-state index is -2.91. The lowest BCUT2D eigenvalue weighted by Crippen LogP contribution is -2.18. The molecule has 2 aromatic heterocycles. The van der Waals surface area contributed by atoms with Gasteiger partial charge in [-0.15, -0.1) is 0 Å². The van der Waals surface area contributed by atoms with Crippen LogP contribution in [0.5, 0.6) is 0 Å². The first-order chi connectivity index (χ1) is 12.0. The van der Waals surface area contributed by atoms with Crippen molar-refractivity contribution in [3.63, 3.8) is 0 Å². The Kier molecular flexibility index (Phi) is 5.00. The van der Waals surface area contributed by atoms with Gasteiger partial charge >= 0.3 is 6.55 Å². The second-order valence-corrected chi connectivity index (χ2v) is 5.81. The van der Waals surface area contributed by atoms with Gasteiger partial charge in [-0.25, -0.2) is 0 Å². The van der Waals surface area contributed by atoms with Crippen molar-refractivity contribution in [3.8, 4) is 0 Å². The molecule has 1 aromatic carbocycles. The van der Waals surface area contributed by atoms with Crippen LogP contribution in [0.4, 0.5) is 14.6 Å². The van der Waals surface area contributed by atoms with E-state index in [1.807, 2.05) is 0 Å². The van der Waals surface area contributed by atoms with E-state index in [1.54, 1.807) is 24.4 Å². The van der Waals surface area contributed by atoms with E-state index >= 15 is 0 Å². The van der Waals surface area contributed by atoms with Crippen molar-refractivity contribution in [1.29, 1.82) is 0 Å². The molecule has 0 aliphatic rings. The summed E-state index contributed by atoms with van der Waals surface area (Å²) in [5.41, 5.74) is 0.418. The number of hydrogen-bond acceptors (Lipinski definition) is 3. The molecule has 0 fully saturated rings. The number of alkyl halides is 2. The van der Waals surface area contributed by atoms with Crippen LogP contribution in [0.25, 0.3) is 0 Å². The average molecular weight is 386 g/mol. The largest absolute Gasteiger partial charge is 0.333 e. The number of nitrogens with one attached hydrogen (secondary N) is 1. The number of rotatable bonds is 5. The topological polar surface area (TPSA) is 64.7 Å². The fourth-order valence-electron chi connectivity index (χ4n) is 2.19. The molecule has 0 spiro atoms. The lowest BCUT2D eigenvalue weighted by Gasteiger charge is -2.07. The Balaban J connectivity index is 1.74. The zero-order chi connectivity index (χ0) is 18.0. The van der Waals surface area contributed by atoms with Crippen LogP contribution in [0.3, 0.4) is 0 Å². The molecule has 0 aliphatic heterocycles. The highest BCUT2D eigenvalue weighted by Gasteiger charge is 2.18. The molecule has 0 saturated carbocycles. The maximum atomic E-state index is 12.8. The second kappa shape index (κ2) is 7.20. The van der Waals surface area contributed by atoms with Crippen LogP contribution in [-0.2, 0) is 6.54 Å². The predicted molar refractivity (Wildman–Crippen MR) is 89.2 cm³/mol. The maximum Gasteiger partial charge on any atom is 0.333 e. The van der Waals surface area contributed by atoms with E-state index in [-0.39, 0.29) is 11.5 Å². The van der Waals surface area contributed by atoms with Crippen LogP contribution in [0.2, 0.25) is 10.0 Å². The Bertz CT molecular complexity index is 889. The molecule has 2 heterocycles. The predicted octanol–water partition coefficient (Wildman–Crippen LogP) is 4.08. The lowest BCUT2D eigenvalue weighted by atomic mass is 10.2. The van der Waals surface area contributed by atoms with Crippen LogP contribution in [0.15, 0.2) is 42.7 Å². The van der Waals surface area contributed by atoms with E-state index in [0.717, 1.165) is 6.20 Å². The number of nitrogens with zero attached hydrogens (tertiary/aromatic N) is 4. The molecule has 10 heteroatoms. The SMILES string of the molecule is O=C(Nc1ccn(Cc2c(Cl)cccc2Cl)n1)c1ccnn1C(F)F. The summed E-state index contributed by atoms with van der Waals surface area (Å²) >= 11 is 12.2. The van der Waals surface area contributed by atoms with Crippen molar-refractivity contribution in [3.05, 3.63) is 64.0 Å². The van der Waals surface area contributed by atoms with E-state index in [9.17, 15) is 13.6 Å². The lowest BCUT2D eigenvalue weighted by molar-refractivity contribution is 0.0520. The Morgan fingerprint density at radius 3 is 2.60 bits per heavy atom. The molecule has 0 unspecified atom stereocenters. The van der Waals surface area contributed by atoms with Gasteiger partial charge in [-0.3, -0.25) is 9.48 Å². The summed E-state index contributed by atoms with van der Waals surface area (Å²) < 4.78 is 27.4. The van der Waals surface area contributed by atoms with Crippen molar-refractivity contribution < 1.29 is 13.6 Å². The number of benzene rings is 1. The third kappa shape index (κ3) is 3.80. The zero-order valence-electron chi connectivity index (χ0n) is 12.5. The van der Waals surface area contributed by atoms with Gasteiger partial charge in [-0.1, -0.05) is 29.3 Å². The molecule has 0 atom stereocenters. The summed E-state index contributed by atoms with van der Waals surface area (Å²) in [5.74, 6) is -0.533. The van der Waals surface area contributed by atoms with Crippen molar-refractivity contribution in [2.45, 2.75) is 13.1 Å². The monoisotopic (exact) mass is 385 g/mol. The second-order valence-electron chi connectivity index (χ2n) is 4.99. The molecule has 1 amide bonds. The highest BCUT2D eigenvalue weighted by Crippen LogP contribution is 2.25. The molecular weight excluding hydrogens is 375 g/mol. The molecule has 6 nitrogen and oxygen atoms in total.